The summed E-state index contributed by atoms with van der Waals surface area (Å²) in [6.45, 7) is 0. The molecule has 1 heterocycles. The van der Waals surface area contributed by atoms with Gasteiger partial charge in [0.05, 0.1) is 5.60 Å². The van der Waals surface area contributed by atoms with Crippen LogP contribution in [0, 0.1) is 5.92 Å². The van der Waals surface area contributed by atoms with Crippen molar-refractivity contribution in [1.29, 1.82) is 0 Å². The van der Waals surface area contributed by atoms with E-state index < -0.39 is 5.60 Å². The maximum absolute atomic E-state index is 10.0. The van der Waals surface area contributed by atoms with Crippen LogP contribution in [0.1, 0.15) is 19.3 Å². The van der Waals surface area contributed by atoms with Gasteiger partial charge >= 0.3 is 0 Å². The molecule has 0 bridgehead atoms. The van der Waals surface area contributed by atoms with E-state index >= 15 is 0 Å². The summed E-state index contributed by atoms with van der Waals surface area (Å²) in [7, 11) is 0. The first-order valence-corrected chi connectivity index (χ1v) is 5.43. The zero-order valence-corrected chi connectivity index (χ0v) is 7.44. The van der Waals surface area contributed by atoms with Crippen molar-refractivity contribution in [2.75, 3.05) is 11.5 Å². The summed E-state index contributed by atoms with van der Waals surface area (Å²) in [4.78, 5) is 0. The Balaban J connectivity index is 1.99. The van der Waals surface area contributed by atoms with Crippen molar-refractivity contribution >= 4 is 11.8 Å². The zero-order valence-electron chi connectivity index (χ0n) is 6.62. The molecule has 0 aromatic carbocycles. The van der Waals surface area contributed by atoms with E-state index in [1.54, 1.807) is 0 Å². The molecule has 1 saturated heterocycles. The predicted molar refractivity (Wildman–Crippen MR) is 47.6 cm³/mol. The molecule has 2 aliphatic rings. The van der Waals surface area contributed by atoms with E-state index in [1.165, 1.54) is 12.8 Å². The molecule has 64 valence electrons. The van der Waals surface area contributed by atoms with Gasteiger partial charge in [-0.3, -0.25) is 0 Å². The summed E-state index contributed by atoms with van der Waals surface area (Å²) < 4.78 is 0. The lowest BCUT2D eigenvalue weighted by molar-refractivity contribution is 0.0332. The van der Waals surface area contributed by atoms with E-state index in [4.69, 9.17) is 5.73 Å². The van der Waals surface area contributed by atoms with E-state index in [9.17, 15) is 5.11 Å². The number of hydrogen-bond donors (Lipinski definition) is 2. The molecule has 2 fully saturated rings. The van der Waals surface area contributed by atoms with E-state index in [0.717, 1.165) is 17.9 Å². The summed E-state index contributed by atoms with van der Waals surface area (Å²) in [6, 6.07) is 0.0532. The third kappa shape index (κ3) is 1.42. The van der Waals surface area contributed by atoms with E-state index in [1.807, 2.05) is 11.8 Å². The van der Waals surface area contributed by atoms with Crippen molar-refractivity contribution in [2.45, 2.75) is 30.9 Å². The maximum atomic E-state index is 10.0. The Morgan fingerprint density at radius 1 is 1.55 bits per heavy atom. The van der Waals surface area contributed by atoms with Gasteiger partial charge in [-0.05, 0) is 30.9 Å². The van der Waals surface area contributed by atoms with Crippen molar-refractivity contribution in [3.05, 3.63) is 0 Å². The van der Waals surface area contributed by atoms with Crippen LogP contribution in [0.25, 0.3) is 0 Å². The quantitative estimate of drug-likeness (QED) is 0.642. The van der Waals surface area contributed by atoms with Crippen LogP contribution < -0.4 is 5.73 Å². The minimum absolute atomic E-state index is 0.0532. The van der Waals surface area contributed by atoms with Crippen molar-refractivity contribution in [1.82, 2.24) is 0 Å². The fourth-order valence-electron chi connectivity index (χ4n) is 1.73. The summed E-state index contributed by atoms with van der Waals surface area (Å²) in [5, 5.41) is 10.0. The van der Waals surface area contributed by atoms with Gasteiger partial charge in [-0.2, -0.15) is 11.8 Å². The average molecular weight is 173 g/mol. The smallest absolute Gasteiger partial charge is 0.0898 e. The van der Waals surface area contributed by atoms with Crippen LogP contribution in [0.3, 0.4) is 0 Å². The first kappa shape index (κ1) is 7.90. The third-order valence-electron chi connectivity index (χ3n) is 2.78. The summed E-state index contributed by atoms with van der Waals surface area (Å²) in [6.07, 6.45) is 3.36. The van der Waals surface area contributed by atoms with Crippen LogP contribution in [0.4, 0.5) is 0 Å². The van der Waals surface area contributed by atoms with Crippen LogP contribution in [0.2, 0.25) is 0 Å². The molecular weight excluding hydrogens is 158 g/mol. The number of hydrogen-bond acceptors (Lipinski definition) is 3. The summed E-state index contributed by atoms with van der Waals surface area (Å²) in [5.74, 6) is 2.56. The highest BCUT2D eigenvalue weighted by atomic mass is 32.2. The number of aliphatic hydroxyl groups is 1. The second kappa shape index (κ2) is 2.64. The van der Waals surface area contributed by atoms with Gasteiger partial charge in [-0.1, -0.05) is 0 Å². The van der Waals surface area contributed by atoms with Crippen LogP contribution in [-0.2, 0) is 0 Å². The van der Waals surface area contributed by atoms with Gasteiger partial charge in [0.25, 0.3) is 0 Å². The Morgan fingerprint density at radius 2 is 2.27 bits per heavy atom. The molecule has 1 saturated carbocycles. The minimum atomic E-state index is -0.522. The van der Waals surface area contributed by atoms with E-state index in [2.05, 4.69) is 0 Å². The minimum Gasteiger partial charge on any atom is -0.387 e. The molecule has 1 aliphatic carbocycles. The molecule has 3 N–H and O–H groups in total. The summed E-state index contributed by atoms with van der Waals surface area (Å²) in [5.41, 5.74) is 5.43. The molecule has 0 aromatic heterocycles. The first-order chi connectivity index (χ1) is 5.22. The molecule has 2 rings (SSSR count). The first-order valence-electron chi connectivity index (χ1n) is 4.28. The molecule has 0 amide bonds. The largest absolute Gasteiger partial charge is 0.387 e. The topological polar surface area (TPSA) is 46.2 Å². The number of rotatable bonds is 2. The third-order valence-corrected chi connectivity index (χ3v) is 3.98. The van der Waals surface area contributed by atoms with Crippen LogP contribution in [0.5, 0.6) is 0 Å². The van der Waals surface area contributed by atoms with Crippen LogP contribution in [-0.4, -0.2) is 28.3 Å². The average Bonchev–Trinajstić information content (AvgIpc) is 2.74. The van der Waals surface area contributed by atoms with Gasteiger partial charge in [0, 0.05) is 11.8 Å². The molecule has 3 heteroatoms. The molecule has 0 spiro atoms. The van der Waals surface area contributed by atoms with E-state index in [0.29, 0.717) is 5.92 Å². The SMILES string of the molecule is NC(C1CC1)C1(O)CCSC1. The second-order valence-corrected chi connectivity index (χ2v) is 4.87. The van der Waals surface area contributed by atoms with Crippen LogP contribution in [0.15, 0.2) is 0 Å². The standard InChI is InChI=1S/C8H15NOS/c9-7(6-1-2-6)8(10)3-4-11-5-8/h6-7,10H,1-5,9H2. The number of thioether (sulfide) groups is 1. The Morgan fingerprint density at radius 3 is 2.73 bits per heavy atom. The van der Waals surface area contributed by atoms with Gasteiger partial charge in [0.1, 0.15) is 0 Å². The molecule has 0 aromatic rings. The molecule has 2 nitrogen and oxygen atoms in total. The molecule has 11 heavy (non-hydrogen) atoms. The zero-order chi connectivity index (χ0) is 7.90. The normalized spacial score (nSPS) is 40.9. The van der Waals surface area contributed by atoms with Crippen molar-refractivity contribution < 1.29 is 5.11 Å². The highest BCUT2D eigenvalue weighted by Crippen LogP contribution is 2.41. The molecule has 0 radical (unpaired) electrons. The molecular formula is C8H15NOS. The van der Waals surface area contributed by atoms with Gasteiger partial charge in [-0.15, -0.1) is 0 Å². The van der Waals surface area contributed by atoms with Crippen molar-refractivity contribution in [3.8, 4) is 0 Å². The van der Waals surface area contributed by atoms with Gasteiger partial charge in [0.2, 0.25) is 0 Å². The lowest BCUT2D eigenvalue weighted by Crippen LogP contribution is -2.49. The Bertz CT molecular complexity index is 152. The lowest BCUT2D eigenvalue weighted by Gasteiger charge is -2.28. The van der Waals surface area contributed by atoms with Gasteiger partial charge in [0.15, 0.2) is 0 Å². The van der Waals surface area contributed by atoms with Crippen molar-refractivity contribution in [2.24, 2.45) is 11.7 Å². The Hall–Kier alpha value is 0.270. The number of nitrogens with two attached hydrogens (primary N) is 1. The van der Waals surface area contributed by atoms with Gasteiger partial charge < -0.3 is 10.8 Å². The molecule has 1 aliphatic heterocycles. The molecule has 2 atom stereocenters. The Kier molecular flexibility index (Phi) is 1.90. The second-order valence-electron chi connectivity index (χ2n) is 3.77. The monoisotopic (exact) mass is 173 g/mol. The lowest BCUT2D eigenvalue weighted by atomic mass is 9.91. The van der Waals surface area contributed by atoms with E-state index in [-0.39, 0.29) is 6.04 Å². The fourth-order valence-corrected chi connectivity index (χ4v) is 3.06. The maximum Gasteiger partial charge on any atom is 0.0898 e. The fraction of sp³-hybridized carbons (Fsp3) is 1.00. The van der Waals surface area contributed by atoms with Gasteiger partial charge in [-0.25, -0.2) is 0 Å². The Labute approximate surface area is 71.5 Å². The highest BCUT2D eigenvalue weighted by Gasteiger charge is 2.45. The molecule has 2 unspecified atom stereocenters. The predicted octanol–water partition coefficient (Wildman–Crippen LogP) is 0.592. The highest BCUT2D eigenvalue weighted by molar-refractivity contribution is 7.99. The van der Waals surface area contributed by atoms with Crippen molar-refractivity contribution in [3.63, 3.8) is 0 Å². The van der Waals surface area contributed by atoms with Crippen LogP contribution >= 0.6 is 11.8 Å². The summed E-state index contributed by atoms with van der Waals surface area (Å²) >= 11 is 1.82.